The molecule has 10 heteroatoms. The first-order valence-electron chi connectivity index (χ1n) is 6.73. The predicted octanol–water partition coefficient (Wildman–Crippen LogP) is 4.09. The van der Waals surface area contributed by atoms with Gasteiger partial charge in [0.1, 0.15) is 16.5 Å². The van der Waals surface area contributed by atoms with E-state index in [-0.39, 0.29) is 10.6 Å². The van der Waals surface area contributed by atoms with E-state index in [1.165, 1.54) is 19.2 Å². The first-order valence-corrected chi connectivity index (χ1v) is 9.01. The van der Waals surface area contributed by atoms with Crippen LogP contribution in [0.25, 0.3) is 0 Å². The van der Waals surface area contributed by atoms with Gasteiger partial charge in [-0.05, 0) is 36.4 Å². The van der Waals surface area contributed by atoms with Crippen LogP contribution in [-0.4, -0.2) is 15.5 Å². The smallest absolute Gasteiger partial charge is 0.416 e. The number of hydrogen-bond donors (Lipinski definition) is 1. The number of methoxy groups -OCH3 is 1. The Labute approximate surface area is 150 Å². The third kappa shape index (κ3) is 4.71. The lowest BCUT2D eigenvalue weighted by Gasteiger charge is -2.13. The maximum atomic E-state index is 13.7. The van der Waals surface area contributed by atoms with Crippen molar-refractivity contribution in [3.63, 3.8) is 0 Å². The summed E-state index contributed by atoms with van der Waals surface area (Å²) in [6.45, 7) is -0.645. The Morgan fingerprint density at radius 2 is 1.84 bits per heavy atom. The van der Waals surface area contributed by atoms with E-state index in [0.29, 0.717) is 22.7 Å². The maximum absolute atomic E-state index is 13.7. The molecule has 0 aliphatic rings. The summed E-state index contributed by atoms with van der Waals surface area (Å²) in [5, 5.41) is 0. The van der Waals surface area contributed by atoms with Gasteiger partial charge in [0, 0.05) is 16.6 Å². The van der Waals surface area contributed by atoms with Gasteiger partial charge in [0.05, 0.1) is 12.7 Å². The zero-order chi connectivity index (χ0) is 18.8. The molecule has 25 heavy (non-hydrogen) atoms. The molecule has 0 saturated carbocycles. The van der Waals surface area contributed by atoms with Crippen LogP contribution in [0.1, 0.15) is 11.1 Å². The molecule has 0 aliphatic heterocycles. The first kappa shape index (κ1) is 19.7. The zero-order valence-electron chi connectivity index (χ0n) is 12.7. The molecule has 2 rings (SSSR count). The van der Waals surface area contributed by atoms with E-state index >= 15 is 0 Å². The second-order valence-corrected chi connectivity index (χ2v) is 7.57. The SMILES string of the molecule is COc1ccc(Br)cc1S(=O)(=O)NCc1cc(C(F)(F)F)ccc1F. The van der Waals surface area contributed by atoms with Gasteiger partial charge >= 0.3 is 6.18 Å². The van der Waals surface area contributed by atoms with Gasteiger partial charge in [0.2, 0.25) is 10.0 Å². The Hall–Kier alpha value is -1.65. The summed E-state index contributed by atoms with van der Waals surface area (Å²) in [6.07, 6.45) is -4.66. The highest BCUT2D eigenvalue weighted by molar-refractivity contribution is 9.10. The van der Waals surface area contributed by atoms with E-state index in [2.05, 4.69) is 20.7 Å². The molecular weight excluding hydrogens is 430 g/mol. The number of alkyl halides is 3. The molecule has 0 spiro atoms. The average Bonchev–Trinajstić information content (AvgIpc) is 2.53. The normalized spacial score (nSPS) is 12.2. The van der Waals surface area contributed by atoms with Gasteiger partial charge in [-0.25, -0.2) is 17.5 Å². The first-order chi connectivity index (χ1) is 11.5. The lowest BCUT2D eigenvalue weighted by Crippen LogP contribution is -2.24. The van der Waals surface area contributed by atoms with Crippen molar-refractivity contribution >= 4 is 26.0 Å². The Balaban J connectivity index is 2.31. The van der Waals surface area contributed by atoms with Crippen molar-refractivity contribution in [3.8, 4) is 5.75 Å². The number of nitrogens with one attached hydrogen (secondary N) is 1. The molecule has 4 nitrogen and oxygen atoms in total. The molecule has 136 valence electrons. The Morgan fingerprint density at radius 1 is 1.16 bits per heavy atom. The average molecular weight is 442 g/mol. The number of ether oxygens (including phenoxy) is 1. The van der Waals surface area contributed by atoms with Gasteiger partial charge < -0.3 is 4.74 Å². The van der Waals surface area contributed by atoms with E-state index in [9.17, 15) is 26.0 Å². The molecule has 1 N–H and O–H groups in total. The highest BCUT2D eigenvalue weighted by Gasteiger charge is 2.31. The van der Waals surface area contributed by atoms with Gasteiger partial charge in [-0.1, -0.05) is 15.9 Å². The van der Waals surface area contributed by atoms with Gasteiger partial charge in [-0.15, -0.1) is 0 Å². The van der Waals surface area contributed by atoms with Crippen molar-refractivity contribution in [2.75, 3.05) is 7.11 Å². The number of sulfonamides is 1. The third-order valence-corrected chi connectivity index (χ3v) is 5.16. The lowest BCUT2D eigenvalue weighted by atomic mass is 10.1. The number of halogens is 5. The molecule has 0 amide bonds. The molecule has 2 aromatic carbocycles. The molecule has 0 fully saturated rings. The third-order valence-electron chi connectivity index (χ3n) is 3.24. The summed E-state index contributed by atoms with van der Waals surface area (Å²) in [4.78, 5) is -0.225. The monoisotopic (exact) mass is 441 g/mol. The Morgan fingerprint density at radius 3 is 2.44 bits per heavy atom. The van der Waals surface area contributed by atoms with Crippen molar-refractivity contribution in [2.45, 2.75) is 17.6 Å². The highest BCUT2D eigenvalue weighted by atomic mass is 79.9. The maximum Gasteiger partial charge on any atom is 0.416 e. The van der Waals surface area contributed by atoms with Crippen LogP contribution in [0.2, 0.25) is 0 Å². The van der Waals surface area contributed by atoms with Gasteiger partial charge in [-0.2, -0.15) is 13.2 Å². The molecule has 0 bridgehead atoms. The standard InChI is InChI=1S/C15H12BrF4NO3S/c1-24-13-5-3-11(16)7-14(13)25(22,23)21-8-9-6-10(15(18,19)20)2-4-12(9)17/h2-7,21H,8H2,1H3. The predicted molar refractivity (Wildman–Crippen MR) is 86.1 cm³/mol. The van der Waals surface area contributed by atoms with E-state index in [0.717, 1.165) is 0 Å². The van der Waals surface area contributed by atoms with Gasteiger partial charge in [-0.3, -0.25) is 0 Å². The fourth-order valence-corrected chi connectivity index (χ4v) is 3.71. The molecule has 0 radical (unpaired) electrons. The molecule has 0 unspecified atom stereocenters. The minimum atomic E-state index is -4.66. The summed E-state index contributed by atoms with van der Waals surface area (Å²) < 4.78 is 84.1. The van der Waals surface area contributed by atoms with Crippen molar-refractivity contribution in [1.82, 2.24) is 4.72 Å². The molecule has 0 atom stereocenters. The summed E-state index contributed by atoms with van der Waals surface area (Å²) in [5.41, 5.74) is -1.49. The number of hydrogen-bond acceptors (Lipinski definition) is 3. The van der Waals surface area contributed by atoms with Crippen LogP contribution in [0.3, 0.4) is 0 Å². The summed E-state index contributed by atoms with van der Waals surface area (Å²) >= 11 is 3.12. The van der Waals surface area contributed by atoms with E-state index in [1.807, 2.05) is 0 Å². The highest BCUT2D eigenvalue weighted by Crippen LogP contribution is 2.31. The van der Waals surface area contributed by atoms with E-state index in [4.69, 9.17) is 4.74 Å². The van der Waals surface area contributed by atoms with Crippen LogP contribution in [-0.2, 0) is 22.7 Å². The molecule has 0 saturated heterocycles. The van der Waals surface area contributed by atoms with Crippen LogP contribution in [0.15, 0.2) is 45.8 Å². The fraction of sp³-hybridized carbons (Fsp3) is 0.200. The lowest BCUT2D eigenvalue weighted by molar-refractivity contribution is -0.137. The summed E-state index contributed by atoms with van der Waals surface area (Å²) in [6, 6.07) is 6.03. The largest absolute Gasteiger partial charge is 0.495 e. The van der Waals surface area contributed by atoms with Crippen molar-refractivity contribution in [1.29, 1.82) is 0 Å². The van der Waals surface area contributed by atoms with Crippen molar-refractivity contribution in [2.24, 2.45) is 0 Å². The van der Waals surface area contributed by atoms with Crippen LogP contribution in [0, 0.1) is 5.82 Å². The van der Waals surface area contributed by atoms with Gasteiger partial charge in [0.15, 0.2) is 0 Å². The van der Waals surface area contributed by atoms with Crippen LogP contribution in [0.5, 0.6) is 5.75 Å². The van der Waals surface area contributed by atoms with Crippen LogP contribution in [0.4, 0.5) is 17.6 Å². The second kappa shape index (κ2) is 7.30. The Kier molecular flexibility index (Phi) is 5.75. The zero-order valence-corrected chi connectivity index (χ0v) is 15.1. The quantitative estimate of drug-likeness (QED) is 0.710. The topological polar surface area (TPSA) is 55.4 Å². The number of rotatable bonds is 5. The minimum Gasteiger partial charge on any atom is -0.495 e. The second-order valence-electron chi connectivity index (χ2n) is 4.92. The van der Waals surface area contributed by atoms with Crippen molar-refractivity contribution in [3.05, 3.63) is 57.8 Å². The van der Waals surface area contributed by atoms with Gasteiger partial charge in [0.25, 0.3) is 0 Å². The van der Waals surface area contributed by atoms with E-state index < -0.39 is 39.7 Å². The molecule has 2 aromatic rings. The summed E-state index contributed by atoms with van der Waals surface area (Å²) in [5.74, 6) is -0.905. The fourth-order valence-electron chi connectivity index (χ4n) is 2.00. The van der Waals surface area contributed by atoms with Crippen LogP contribution < -0.4 is 9.46 Å². The van der Waals surface area contributed by atoms with Crippen molar-refractivity contribution < 1.29 is 30.7 Å². The Bertz CT molecular complexity index is 885. The molecule has 0 aliphatic carbocycles. The molecule has 0 heterocycles. The number of benzene rings is 2. The minimum absolute atomic E-state index is 0.0419. The summed E-state index contributed by atoms with van der Waals surface area (Å²) in [7, 11) is -2.87. The van der Waals surface area contributed by atoms with Crippen LogP contribution >= 0.6 is 15.9 Å². The molecular formula is C15H12BrF4NO3S. The van der Waals surface area contributed by atoms with E-state index in [1.54, 1.807) is 6.07 Å². The molecule has 0 aromatic heterocycles.